The zero-order chi connectivity index (χ0) is 23.4. The van der Waals surface area contributed by atoms with Gasteiger partial charge in [-0.15, -0.1) is 0 Å². The molecule has 1 fully saturated rings. The van der Waals surface area contributed by atoms with Crippen LogP contribution in [0.15, 0.2) is 78.9 Å². The largest absolute Gasteiger partial charge is 0.507 e. The van der Waals surface area contributed by atoms with Crippen LogP contribution in [-0.4, -0.2) is 43.9 Å². The van der Waals surface area contributed by atoms with Gasteiger partial charge in [0.05, 0.1) is 24.0 Å². The third-order valence-electron chi connectivity index (χ3n) is 5.53. The molecule has 1 atom stereocenters. The molecule has 1 N–H and O–H groups in total. The van der Waals surface area contributed by atoms with Crippen molar-refractivity contribution in [1.82, 2.24) is 14.5 Å². The molecule has 1 aliphatic heterocycles. The fourth-order valence-electron chi connectivity index (χ4n) is 4.05. The number of hydrogen-bond acceptors (Lipinski definition) is 5. The maximum Gasteiger partial charge on any atom is 0.295 e. The Balaban J connectivity index is 1.70. The number of rotatable bonds is 8. The molecule has 33 heavy (non-hydrogen) atoms. The standard InChI is InChI=1S/C26H27N3O4/c1-18(2)33-21-11-9-19(10-12-21)23-22(24(30)20-7-4-3-5-8-20)25(31)26(32)29(23)15-6-14-28-16-13-27-17-28/h3-5,7-13,16-18,23,30H,6,14-15H2,1-2H3. The molecule has 170 valence electrons. The fourth-order valence-corrected chi connectivity index (χ4v) is 4.05. The van der Waals surface area contributed by atoms with Gasteiger partial charge in [0.2, 0.25) is 0 Å². The molecule has 3 aromatic rings. The van der Waals surface area contributed by atoms with Crippen molar-refractivity contribution in [2.24, 2.45) is 0 Å². The number of aryl methyl sites for hydroxylation is 1. The first-order valence-electron chi connectivity index (χ1n) is 11.0. The summed E-state index contributed by atoms with van der Waals surface area (Å²) in [6.07, 6.45) is 5.94. The molecule has 1 aliphatic rings. The SMILES string of the molecule is CC(C)Oc1ccc(C2C(=C(O)c3ccccc3)C(=O)C(=O)N2CCCn2ccnc2)cc1. The van der Waals surface area contributed by atoms with Crippen LogP contribution in [0, 0.1) is 0 Å². The van der Waals surface area contributed by atoms with Crippen LogP contribution >= 0.6 is 0 Å². The van der Waals surface area contributed by atoms with Crippen molar-refractivity contribution in [2.45, 2.75) is 39.0 Å². The van der Waals surface area contributed by atoms with Crippen molar-refractivity contribution in [3.8, 4) is 5.75 Å². The number of aliphatic hydroxyl groups is 1. The molecular weight excluding hydrogens is 418 g/mol. The third kappa shape index (κ3) is 4.82. The number of ether oxygens (including phenoxy) is 1. The van der Waals surface area contributed by atoms with Crippen LogP contribution in [0.2, 0.25) is 0 Å². The van der Waals surface area contributed by atoms with E-state index in [9.17, 15) is 14.7 Å². The lowest BCUT2D eigenvalue weighted by atomic mass is 9.95. The highest BCUT2D eigenvalue weighted by Gasteiger charge is 2.45. The van der Waals surface area contributed by atoms with E-state index in [-0.39, 0.29) is 17.4 Å². The summed E-state index contributed by atoms with van der Waals surface area (Å²) in [6.45, 7) is 4.92. The number of carbonyl (C=O) groups is 2. The summed E-state index contributed by atoms with van der Waals surface area (Å²) in [7, 11) is 0. The lowest BCUT2D eigenvalue weighted by Gasteiger charge is -2.25. The molecule has 0 spiro atoms. The van der Waals surface area contributed by atoms with Gasteiger partial charge in [-0.05, 0) is 38.0 Å². The lowest BCUT2D eigenvalue weighted by molar-refractivity contribution is -0.139. The van der Waals surface area contributed by atoms with Gasteiger partial charge in [0.15, 0.2) is 0 Å². The molecule has 0 aliphatic carbocycles. The molecule has 7 nitrogen and oxygen atoms in total. The number of likely N-dealkylation sites (tertiary alicyclic amines) is 1. The van der Waals surface area contributed by atoms with E-state index in [0.717, 1.165) is 5.56 Å². The summed E-state index contributed by atoms with van der Waals surface area (Å²) >= 11 is 0. The zero-order valence-corrected chi connectivity index (χ0v) is 18.7. The average Bonchev–Trinajstić information content (AvgIpc) is 3.42. The normalized spacial score (nSPS) is 17.7. The summed E-state index contributed by atoms with van der Waals surface area (Å²) in [5, 5.41) is 11.1. The predicted molar refractivity (Wildman–Crippen MR) is 125 cm³/mol. The number of aromatic nitrogens is 2. The van der Waals surface area contributed by atoms with Gasteiger partial charge < -0.3 is 19.3 Å². The number of benzene rings is 2. The van der Waals surface area contributed by atoms with Crippen molar-refractivity contribution < 1.29 is 19.4 Å². The van der Waals surface area contributed by atoms with Crippen LogP contribution < -0.4 is 4.74 Å². The number of ketones is 1. The molecule has 1 aromatic heterocycles. The van der Waals surface area contributed by atoms with E-state index in [1.165, 1.54) is 0 Å². The van der Waals surface area contributed by atoms with Gasteiger partial charge in [-0.3, -0.25) is 9.59 Å². The van der Waals surface area contributed by atoms with Crippen LogP contribution in [0.1, 0.15) is 37.4 Å². The Hall–Kier alpha value is -3.87. The highest BCUT2D eigenvalue weighted by atomic mass is 16.5. The summed E-state index contributed by atoms with van der Waals surface area (Å²) in [5.74, 6) is -0.746. The molecule has 4 rings (SSSR count). The van der Waals surface area contributed by atoms with Gasteiger partial charge in [-0.25, -0.2) is 4.98 Å². The predicted octanol–water partition coefficient (Wildman–Crippen LogP) is 4.18. The minimum atomic E-state index is -0.680. The van der Waals surface area contributed by atoms with Crippen molar-refractivity contribution in [1.29, 1.82) is 0 Å². The Bertz CT molecular complexity index is 1140. The molecule has 1 amide bonds. The molecule has 0 radical (unpaired) electrons. The maximum atomic E-state index is 13.1. The van der Waals surface area contributed by atoms with E-state index in [0.29, 0.717) is 30.8 Å². The first-order valence-corrected chi connectivity index (χ1v) is 11.0. The number of aliphatic hydroxyl groups excluding tert-OH is 1. The van der Waals surface area contributed by atoms with Gasteiger partial charge >= 0.3 is 0 Å². The Kier molecular flexibility index (Phi) is 6.58. The second kappa shape index (κ2) is 9.73. The molecule has 1 unspecified atom stereocenters. The number of imidazole rings is 1. The molecular formula is C26H27N3O4. The molecule has 2 heterocycles. The van der Waals surface area contributed by atoms with E-state index in [2.05, 4.69) is 4.98 Å². The van der Waals surface area contributed by atoms with Crippen molar-refractivity contribution >= 4 is 17.4 Å². The van der Waals surface area contributed by atoms with Crippen LogP contribution in [0.5, 0.6) is 5.75 Å². The van der Waals surface area contributed by atoms with Gasteiger partial charge in [-0.2, -0.15) is 0 Å². The smallest absolute Gasteiger partial charge is 0.295 e. The van der Waals surface area contributed by atoms with Gasteiger partial charge in [0.25, 0.3) is 11.7 Å². The lowest BCUT2D eigenvalue weighted by Crippen LogP contribution is -2.31. The molecule has 2 aromatic carbocycles. The third-order valence-corrected chi connectivity index (χ3v) is 5.53. The second-order valence-corrected chi connectivity index (χ2v) is 8.25. The maximum absolute atomic E-state index is 13.1. The Morgan fingerprint density at radius 1 is 1.06 bits per heavy atom. The van der Waals surface area contributed by atoms with Crippen molar-refractivity contribution in [2.75, 3.05) is 6.54 Å². The minimum absolute atomic E-state index is 0.0303. The fraction of sp³-hybridized carbons (Fsp3) is 0.269. The Morgan fingerprint density at radius 2 is 1.79 bits per heavy atom. The summed E-state index contributed by atoms with van der Waals surface area (Å²) in [6, 6.07) is 15.5. The van der Waals surface area contributed by atoms with Crippen LogP contribution in [0.4, 0.5) is 0 Å². The first-order chi connectivity index (χ1) is 16.0. The van der Waals surface area contributed by atoms with E-state index < -0.39 is 17.7 Å². The zero-order valence-electron chi connectivity index (χ0n) is 18.7. The highest BCUT2D eigenvalue weighted by Crippen LogP contribution is 2.39. The number of nitrogens with zero attached hydrogens (tertiary/aromatic N) is 3. The van der Waals surface area contributed by atoms with Crippen molar-refractivity contribution in [3.05, 3.63) is 90.0 Å². The molecule has 1 saturated heterocycles. The number of Topliss-reactive ketones (excluding diaryl/α,β-unsaturated/α-hetero) is 1. The Morgan fingerprint density at radius 3 is 2.42 bits per heavy atom. The van der Waals surface area contributed by atoms with Crippen LogP contribution in [-0.2, 0) is 16.1 Å². The van der Waals surface area contributed by atoms with Crippen LogP contribution in [0.25, 0.3) is 5.76 Å². The van der Waals surface area contributed by atoms with E-state index in [1.54, 1.807) is 41.7 Å². The number of carbonyl (C=O) groups excluding carboxylic acids is 2. The van der Waals surface area contributed by atoms with Gasteiger partial charge in [0, 0.05) is 31.0 Å². The number of amides is 1. The summed E-state index contributed by atoms with van der Waals surface area (Å²) in [5.41, 5.74) is 1.34. The van der Waals surface area contributed by atoms with Gasteiger partial charge in [-0.1, -0.05) is 42.5 Å². The Labute approximate surface area is 192 Å². The summed E-state index contributed by atoms with van der Waals surface area (Å²) < 4.78 is 7.66. The second-order valence-electron chi connectivity index (χ2n) is 8.25. The minimum Gasteiger partial charge on any atom is -0.507 e. The van der Waals surface area contributed by atoms with Gasteiger partial charge in [0.1, 0.15) is 11.5 Å². The van der Waals surface area contributed by atoms with E-state index >= 15 is 0 Å². The molecule has 7 heteroatoms. The quantitative estimate of drug-likeness (QED) is 0.319. The molecule has 0 saturated carbocycles. The van der Waals surface area contributed by atoms with Crippen molar-refractivity contribution in [3.63, 3.8) is 0 Å². The average molecular weight is 446 g/mol. The monoisotopic (exact) mass is 445 g/mol. The number of hydrogen-bond donors (Lipinski definition) is 1. The summed E-state index contributed by atoms with van der Waals surface area (Å²) in [4.78, 5) is 31.7. The first kappa shape index (κ1) is 22.3. The topological polar surface area (TPSA) is 84.7 Å². The van der Waals surface area contributed by atoms with E-state index in [1.807, 2.05) is 54.9 Å². The highest BCUT2D eigenvalue weighted by molar-refractivity contribution is 6.46. The van der Waals surface area contributed by atoms with Crippen LogP contribution in [0.3, 0.4) is 0 Å². The molecule has 0 bridgehead atoms. The van der Waals surface area contributed by atoms with E-state index in [4.69, 9.17) is 4.74 Å².